The second kappa shape index (κ2) is 18.7. The lowest BCUT2D eigenvalue weighted by Gasteiger charge is -2.49. The molecule has 16 atom stereocenters. The van der Waals surface area contributed by atoms with Crippen molar-refractivity contribution in [3.8, 4) is 0 Å². The van der Waals surface area contributed by atoms with Crippen LogP contribution in [0.25, 0.3) is 20.9 Å². The highest BCUT2D eigenvalue weighted by Gasteiger charge is 2.54. The molecule has 0 aromatic rings. The Hall–Kier alpha value is -2.67. The average Bonchev–Trinajstić information content (AvgIpc) is 3.06. The molecule has 3 rings (SSSR count). The van der Waals surface area contributed by atoms with E-state index in [0.29, 0.717) is 6.42 Å². The zero-order valence-corrected chi connectivity index (χ0v) is 27.4. The van der Waals surface area contributed by atoms with Gasteiger partial charge >= 0.3 is 5.97 Å². The second-order valence-electron chi connectivity index (χ2n) is 11.7. The monoisotopic (exact) mass is 743 g/mol. The molecule has 3 saturated heterocycles. The van der Waals surface area contributed by atoms with Crippen molar-refractivity contribution in [1.29, 1.82) is 0 Å². The first kappa shape index (κ1) is 41.7. The maximum absolute atomic E-state index is 12.4. The van der Waals surface area contributed by atoms with E-state index in [1.807, 2.05) is 0 Å². The Morgan fingerprint density at radius 3 is 2.24 bits per heavy atom. The number of hydrogen-bond acceptors (Lipinski definition) is 19. The molecule has 23 nitrogen and oxygen atoms in total. The topological polar surface area (TPSA) is 361 Å². The van der Waals surface area contributed by atoms with Gasteiger partial charge in [0, 0.05) is 29.0 Å². The molecule has 5 unspecified atom stereocenters. The summed E-state index contributed by atoms with van der Waals surface area (Å²) in [5, 5.41) is 93.7. The molecule has 3 aliphatic heterocycles. The predicted molar refractivity (Wildman–Crippen MR) is 157 cm³/mol. The van der Waals surface area contributed by atoms with Crippen molar-refractivity contribution in [1.82, 2.24) is 0 Å². The minimum atomic E-state index is -2.92. The van der Waals surface area contributed by atoms with E-state index >= 15 is 0 Å². The largest absolute Gasteiger partial charge is 0.544 e. The van der Waals surface area contributed by atoms with Crippen molar-refractivity contribution in [2.75, 3.05) is 25.7 Å². The number of aliphatic hydroxyl groups is 7. The van der Waals surface area contributed by atoms with E-state index in [1.165, 1.54) is 0 Å². The maximum Gasteiger partial charge on any atom is 0.302 e. The molecular weight excluding hydrogens is 704 g/mol. The number of carboxylic acids is 1. The zero-order chi connectivity index (χ0) is 37.3. The van der Waals surface area contributed by atoms with Gasteiger partial charge in [0.15, 0.2) is 12.6 Å². The molecule has 0 spiro atoms. The van der Waals surface area contributed by atoms with Gasteiger partial charge in [0.1, 0.15) is 61.4 Å². The summed E-state index contributed by atoms with van der Waals surface area (Å²) in [4.78, 5) is 29.1. The molecule has 0 aliphatic carbocycles. The number of carbonyl (C=O) groups is 2. The van der Waals surface area contributed by atoms with Gasteiger partial charge in [-0.2, -0.15) is 0 Å². The van der Waals surface area contributed by atoms with Crippen molar-refractivity contribution in [3.05, 3.63) is 20.9 Å². The number of alkyl halides is 1. The molecule has 284 valence electrons. The van der Waals surface area contributed by atoms with Crippen LogP contribution in [0, 0.1) is 0 Å². The third kappa shape index (κ3) is 9.80. The number of aliphatic carboxylic acids is 1. The summed E-state index contributed by atoms with van der Waals surface area (Å²) in [6.45, 7) is 0.714. The highest BCUT2D eigenvalue weighted by atomic mass is 35.5. The maximum atomic E-state index is 12.4. The fourth-order valence-corrected chi connectivity index (χ4v) is 5.65. The lowest BCUT2D eigenvalue weighted by atomic mass is 9.88. The number of esters is 1. The predicted octanol–water partition coefficient (Wildman–Crippen LogP) is -3.81. The normalized spacial score (nSPS) is 40.1. The number of hydrogen-bond donors (Lipinski definition) is 7. The molecule has 7 N–H and O–H groups in total. The Morgan fingerprint density at radius 1 is 1.00 bits per heavy atom. The van der Waals surface area contributed by atoms with Gasteiger partial charge < -0.3 is 78.8 Å². The Labute approximate surface area is 288 Å². The van der Waals surface area contributed by atoms with Crippen LogP contribution >= 0.6 is 11.6 Å². The van der Waals surface area contributed by atoms with Gasteiger partial charge in [-0.25, -0.2) is 0 Å². The average molecular weight is 744 g/mol. The lowest BCUT2D eigenvalue weighted by Crippen LogP contribution is -2.67. The van der Waals surface area contributed by atoms with E-state index in [1.54, 1.807) is 0 Å². The second-order valence-corrected chi connectivity index (χ2v) is 12.1. The van der Waals surface area contributed by atoms with Crippen LogP contribution in [-0.4, -0.2) is 171 Å². The van der Waals surface area contributed by atoms with Crippen LogP contribution in [0.15, 0.2) is 10.2 Å². The smallest absolute Gasteiger partial charge is 0.302 e. The van der Waals surface area contributed by atoms with E-state index in [4.69, 9.17) is 55.8 Å². The van der Waals surface area contributed by atoms with Crippen LogP contribution in [0.1, 0.15) is 26.7 Å². The van der Waals surface area contributed by atoms with Gasteiger partial charge in [0.2, 0.25) is 5.79 Å². The molecule has 0 amide bonds. The van der Waals surface area contributed by atoms with E-state index in [2.05, 4.69) is 20.1 Å². The number of nitrogens with zero attached hydrogens (tertiary/aromatic N) is 6. The number of rotatable bonds is 16. The minimum absolute atomic E-state index is 0.0201. The van der Waals surface area contributed by atoms with Gasteiger partial charge in [-0.3, -0.25) is 4.79 Å². The fraction of sp³-hybridized carbons (Fsp3) is 0.923. The van der Waals surface area contributed by atoms with Crippen molar-refractivity contribution in [2.45, 2.75) is 124 Å². The molecular formula is C26H40ClN6O17-. The van der Waals surface area contributed by atoms with Crippen LogP contribution in [-0.2, 0) is 42.7 Å². The first-order valence-electron chi connectivity index (χ1n) is 15.3. The quantitative estimate of drug-likeness (QED) is 0.0199. The van der Waals surface area contributed by atoms with Crippen LogP contribution in [0.4, 0.5) is 0 Å². The molecule has 0 bridgehead atoms. The third-order valence-electron chi connectivity index (χ3n) is 8.14. The summed E-state index contributed by atoms with van der Waals surface area (Å²) in [6, 6.07) is -3.21. The number of halogens is 1. The van der Waals surface area contributed by atoms with E-state index in [0.717, 1.165) is 13.8 Å². The molecule has 24 heteroatoms. The number of aliphatic hydroxyl groups excluding tert-OH is 7. The molecule has 3 heterocycles. The number of ether oxygens (including phenoxy) is 7. The van der Waals surface area contributed by atoms with E-state index in [-0.39, 0.29) is 12.5 Å². The summed E-state index contributed by atoms with van der Waals surface area (Å²) < 4.78 is 38.3. The number of carboxylic acid groups (broad SMARTS) is 1. The van der Waals surface area contributed by atoms with Crippen LogP contribution < -0.4 is 5.11 Å². The Bertz CT molecular complexity index is 1230. The molecule has 50 heavy (non-hydrogen) atoms. The fourth-order valence-electron chi connectivity index (χ4n) is 5.54. The summed E-state index contributed by atoms with van der Waals surface area (Å²) >= 11 is 5.65. The van der Waals surface area contributed by atoms with Gasteiger partial charge in [-0.05, 0) is 24.4 Å². The Kier molecular flexibility index (Phi) is 15.6. The van der Waals surface area contributed by atoms with Crippen molar-refractivity contribution in [2.24, 2.45) is 10.2 Å². The molecule has 0 radical (unpaired) electrons. The molecule has 3 fully saturated rings. The SMILES string of the molecule is CC(=O)OCC1O[C@@H](OCCCCl)C(O)[C@@H](O)[C@@H]1O[C@@H]1OC(CO[C@]2(C(=O)[O-])C[C@@H](O)[C@@H](N=[N+]=[N-])C([C@H](N=[N+]=[N-])[C@@H](C)O)O2)[C@H](O)[C@H](O)C1O. The Morgan fingerprint density at radius 2 is 1.66 bits per heavy atom. The molecule has 0 aromatic heterocycles. The zero-order valence-electron chi connectivity index (χ0n) is 26.7. The highest BCUT2D eigenvalue weighted by Crippen LogP contribution is 2.37. The summed E-state index contributed by atoms with van der Waals surface area (Å²) in [5.74, 6) is -5.55. The summed E-state index contributed by atoms with van der Waals surface area (Å²) in [5.41, 5.74) is 18.0. The molecule has 3 aliphatic rings. The van der Waals surface area contributed by atoms with Crippen molar-refractivity contribution in [3.63, 3.8) is 0 Å². The summed E-state index contributed by atoms with van der Waals surface area (Å²) in [6.07, 6.45) is -23.6. The van der Waals surface area contributed by atoms with Gasteiger partial charge in [0.25, 0.3) is 0 Å². The van der Waals surface area contributed by atoms with Crippen LogP contribution in [0.5, 0.6) is 0 Å². The van der Waals surface area contributed by atoms with Gasteiger partial charge in [0.05, 0.1) is 43.6 Å². The first-order valence-corrected chi connectivity index (χ1v) is 15.8. The van der Waals surface area contributed by atoms with Crippen molar-refractivity contribution >= 4 is 23.5 Å². The van der Waals surface area contributed by atoms with E-state index in [9.17, 15) is 50.4 Å². The molecule has 0 saturated carbocycles. The van der Waals surface area contributed by atoms with E-state index < -0.39 is 129 Å². The van der Waals surface area contributed by atoms with Crippen LogP contribution in [0.2, 0.25) is 0 Å². The van der Waals surface area contributed by atoms with Crippen LogP contribution in [0.3, 0.4) is 0 Å². The number of carbonyl (C=O) groups excluding carboxylic acids is 2. The lowest BCUT2D eigenvalue weighted by molar-refractivity contribution is -0.388. The highest BCUT2D eigenvalue weighted by molar-refractivity contribution is 6.17. The standard InChI is InChI=1S/C26H41ClN6O17/c1-9(34)14(30-32-28)22-15(31-33-29)11(36)6-26(50-22,25(42)43)46-8-12-16(37)17(38)19(40)24(47-12)49-21-13(7-45-10(2)35)48-23(20(41)18(21)39)44-5-3-4-27/h9,11-24,34,36-41H,3-8H2,1-2H3,(H,42,43)/p-1/t9-,11-,12?,13?,14-,15-,16+,17+,18-,19?,20?,21-,22?,23-,24+,26-/m1/s1. The van der Waals surface area contributed by atoms with Gasteiger partial charge in [-0.15, -0.1) is 11.6 Å². The molecule has 0 aromatic carbocycles. The summed E-state index contributed by atoms with van der Waals surface area (Å²) in [7, 11) is 0. The third-order valence-corrected chi connectivity index (χ3v) is 8.41. The minimum Gasteiger partial charge on any atom is -0.544 e. The Balaban J connectivity index is 1.85. The van der Waals surface area contributed by atoms with Crippen molar-refractivity contribution < 1.29 is 83.6 Å². The first-order chi connectivity index (χ1) is 23.6. The number of azide groups is 2. The van der Waals surface area contributed by atoms with Gasteiger partial charge in [-0.1, -0.05) is 10.2 Å².